The number of ether oxygens (including phenoxy) is 1. The molecule has 2 aromatic rings. The van der Waals surface area contributed by atoms with Crippen LogP contribution in [-0.2, 0) is 4.74 Å². The lowest BCUT2D eigenvalue weighted by Gasteiger charge is -2.13. The fraction of sp³-hybridized carbons (Fsp3) is 0.300. The molecule has 0 saturated heterocycles. The van der Waals surface area contributed by atoms with Gasteiger partial charge in [-0.1, -0.05) is 0 Å². The van der Waals surface area contributed by atoms with Gasteiger partial charge in [-0.3, -0.25) is 4.57 Å². The average Bonchev–Trinajstić information content (AvgIpc) is 2.92. The Morgan fingerprint density at radius 2 is 2.26 bits per heavy atom. The predicted molar refractivity (Wildman–Crippen MR) is 66.5 cm³/mol. The first-order valence-electron chi connectivity index (χ1n) is 5.42. The summed E-state index contributed by atoms with van der Waals surface area (Å²) in [6.07, 6.45) is 1.53. The van der Waals surface area contributed by atoms with E-state index in [2.05, 4.69) is 15.0 Å². The first-order chi connectivity index (χ1) is 9.10. The quantitative estimate of drug-likeness (QED) is 0.682. The van der Waals surface area contributed by atoms with E-state index in [4.69, 9.17) is 27.2 Å². The van der Waals surface area contributed by atoms with Crippen LogP contribution in [-0.4, -0.2) is 42.4 Å². The van der Waals surface area contributed by atoms with Crippen molar-refractivity contribution < 1.29 is 14.9 Å². The molecule has 1 aliphatic rings. The van der Waals surface area contributed by atoms with E-state index in [-0.39, 0.29) is 23.5 Å². The van der Waals surface area contributed by atoms with Gasteiger partial charge in [0.05, 0.1) is 12.9 Å². The summed E-state index contributed by atoms with van der Waals surface area (Å²) < 4.78 is 6.99. The van der Waals surface area contributed by atoms with Crippen LogP contribution in [0.25, 0.3) is 11.2 Å². The Kier molecular flexibility index (Phi) is 2.77. The number of hydrogen-bond donors (Lipinski definition) is 3. The fourth-order valence-electron chi connectivity index (χ4n) is 1.91. The molecule has 0 aromatic carbocycles. The smallest absolute Gasteiger partial charge is 0.226 e. The Hall–Kier alpha value is -1.90. The summed E-state index contributed by atoms with van der Waals surface area (Å²) in [5.74, 6) is 0.126. The first-order valence-corrected chi connectivity index (χ1v) is 5.80. The Morgan fingerprint density at radius 3 is 2.95 bits per heavy atom. The summed E-state index contributed by atoms with van der Waals surface area (Å²) in [5.41, 5.74) is 6.48. The highest BCUT2D eigenvalue weighted by Crippen LogP contribution is 2.29. The Bertz CT molecular complexity index is 670. The molecule has 0 radical (unpaired) electrons. The van der Waals surface area contributed by atoms with E-state index < -0.39 is 12.3 Å². The van der Waals surface area contributed by atoms with Crippen LogP contribution in [0.4, 0.5) is 5.82 Å². The SMILES string of the molecule is Nc1nc(Cl)nc2c1ncn2[C@H]1C=C(O)[C@@H](CO)O1. The van der Waals surface area contributed by atoms with Gasteiger partial charge in [0.2, 0.25) is 5.28 Å². The molecule has 2 aromatic heterocycles. The first kappa shape index (κ1) is 12.2. The highest BCUT2D eigenvalue weighted by molar-refractivity contribution is 6.28. The Balaban J connectivity index is 2.08. The molecule has 0 aliphatic carbocycles. The van der Waals surface area contributed by atoms with E-state index in [9.17, 15) is 5.11 Å². The molecule has 9 heteroatoms. The van der Waals surface area contributed by atoms with Crippen molar-refractivity contribution in [3.05, 3.63) is 23.4 Å². The van der Waals surface area contributed by atoms with Crippen LogP contribution in [0.3, 0.4) is 0 Å². The van der Waals surface area contributed by atoms with E-state index >= 15 is 0 Å². The van der Waals surface area contributed by atoms with Gasteiger partial charge < -0.3 is 20.7 Å². The third-order valence-electron chi connectivity index (χ3n) is 2.81. The largest absolute Gasteiger partial charge is 0.510 e. The summed E-state index contributed by atoms with van der Waals surface area (Å²) in [4.78, 5) is 11.9. The van der Waals surface area contributed by atoms with Crippen molar-refractivity contribution in [2.75, 3.05) is 12.3 Å². The molecule has 2 atom stereocenters. The van der Waals surface area contributed by atoms with Crippen molar-refractivity contribution in [3.8, 4) is 0 Å². The van der Waals surface area contributed by atoms with Gasteiger partial charge >= 0.3 is 0 Å². The number of aromatic nitrogens is 4. The molecule has 4 N–H and O–H groups in total. The van der Waals surface area contributed by atoms with Crippen molar-refractivity contribution in [3.63, 3.8) is 0 Å². The minimum Gasteiger partial charge on any atom is -0.510 e. The fourth-order valence-corrected chi connectivity index (χ4v) is 2.08. The van der Waals surface area contributed by atoms with Crippen LogP contribution >= 0.6 is 11.6 Å². The van der Waals surface area contributed by atoms with E-state index in [1.807, 2.05) is 0 Å². The number of fused-ring (bicyclic) bond motifs is 1. The topological polar surface area (TPSA) is 119 Å². The summed E-state index contributed by atoms with van der Waals surface area (Å²) in [6, 6.07) is 0. The lowest BCUT2D eigenvalue weighted by atomic mass is 10.3. The van der Waals surface area contributed by atoms with Gasteiger partial charge in [0.1, 0.15) is 17.4 Å². The molecule has 8 nitrogen and oxygen atoms in total. The molecule has 100 valence electrons. The van der Waals surface area contributed by atoms with Crippen LogP contribution in [0, 0.1) is 0 Å². The molecule has 0 bridgehead atoms. The highest BCUT2D eigenvalue weighted by atomic mass is 35.5. The lowest BCUT2D eigenvalue weighted by Crippen LogP contribution is -2.18. The standard InChI is InChI=1S/C10H10ClN5O3/c11-10-14-8(12)7-9(15-10)16(3-13-7)6-1-4(18)5(2-17)19-6/h1,3,5-6,17-18H,2H2,(H2,12,14,15)/t5-,6-/m1/s1. The maximum Gasteiger partial charge on any atom is 0.226 e. The third-order valence-corrected chi connectivity index (χ3v) is 2.98. The van der Waals surface area contributed by atoms with Gasteiger partial charge in [0.15, 0.2) is 17.7 Å². The number of nitrogen functional groups attached to an aromatic ring is 1. The zero-order chi connectivity index (χ0) is 13.6. The van der Waals surface area contributed by atoms with Gasteiger partial charge in [-0.05, 0) is 11.6 Å². The zero-order valence-electron chi connectivity index (χ0n) is 9.56. The second-order valence-electron chi connectivity index (χ2n) is 3.99. The summed E-state index contributed by atoms with van der Waals surface area (Å²) >= 11 is 5.76. The van der Waals surface area contributed by atoms with Crippen LogP contribution in [0.1, 0.15) is 6.23 Å². The van der Waals surface area contributed by atoms with Crippen molar-refractivity contribution in [2.45, 2.75) is 12.3 Å². The lowest BCUT2D eigenvalue weighted by molar-refractivity contribution is -0.0216. The van der Waals surface area contributed by atoms with Crippen LogP contribution < -0.4 is 5.73 Å². The molecule has 0 amide bonds. The monoisotopic (exact) mass is 283 g/mol. The summed E-state index contributed by atoms with van der Waals surface area (Å²) in [5, 5.41) is 18.6. The third kappa shape index (κ3) is 1.89. The van der Waals surface area contributed by atoms with Crippen LogP contribution in [0.2, 0.25) is 5.28 Å². The van der Waals surface area contributed by atoms with Gasteiger partial charge in [-0.15, -0.1) is 0 Å². The second kappa shape index (κ2) is 4.34. The molecular weight excluding hydrogens is 274 g/mol. The molecule has 3 heterocycles. The van der Waals surface area contributed by atoms with Gasteiger partial charge in [-0.2, -0.15) is 9.97 Å². The highest BCUT2D eigenvalue weighted by Gasteiger charge is 2.29. The van der Waals surface area contributed by atoms with Crippen molar-refractivity contribution in [1.82, 2.24) is 19.5 Å². The number of aliphatic hydroxyl groups excluding tert-OH is 2. The number of rotatable bonds is 2. The number of aliphatic hydroxyl groups is 2. The van der Waals surface area contributed by atoms with Gasteiger partial charge in [-0.25, -0.2) is 4.98 Å². The molecule has 1 aliphatic heterocycles. The molecular formula is C10H10ClN5O3. The predicted octanol–water partition coefficient (Wildman–Crippen LogP) is 0.393. The normalized spacial score (nSPS) is 22.9. The van der Waals surface area contributed by atoms with Crippen molar-refractivity contribution in [2.24, 2.45) is 0 Å². The van der Waals surface area contributed by atoms with Crippen molar-refractivity contribution in [1.29, 1.82) is 0 Å². The molecule has 0 unspecified atom stereocenters. The maximum absolute atomic E-state index is 9.60. The van der Waals surface area contributed by atoms with Crippen molar-refractivity contribution >= 4 is 28.6 Å². The zero-order valence-corrected chi connectivity index (χ0v) is 10.3. The van der Waals surface area contributed by atoms with Gasteiger partial charge in [0, 0.05) is 6.08 Å². The van der Waals surface area contributed by atoms with E-state index in [1.165, 1.54) is 12.4 Å². The number of hydrogen-bond acceptors (Lipinski definition) is 7. The minimum atomic E-state index is -0.753. The minimum absolute atomic E-state index is 0.00310. The van der Waals surface area contributed by atoms with E-state index in [0.717, 1.165) is 0 Å². The Labute approximate surface area is 112 Å². The summed E-state index contributed by atoms with van der Waals surface area (Å²) in [7, 11) is 0. The number of nitrogens with two attached hydrogens (primary N) is 1. The number of imidazole rings is 1. The molecule has 0 spiro atoms. The average molecular weight is 284 g/mol. The van der Waals surface area contributed by atoms with Crippen LogP contribution in [0.15, 0.2) is 18.2 Å². The molecule has 3 rings (SSSR count). The van der Waals surface area contributed by atoms with Crippen LogP contribution in [0.5, 0.6) is 0 Å². The molecule has 0 fully saturated rings. The van der Waals surface area contributed by atoms with E-state index in [1.54, 1.807) is 4.57 Å². The number of halogens is 1. The molecule has 0 saturated carbocycles. The number of nitrogens with zero attached hydrogens (tertiary/aromatic N) is 4. The van der Waals surface area contributed by atoms with Gasteiger partial charge in [0.25, 0.3) is 0 Å². The Morgan fingerprint density at radius 1 is 1.47 bits per heavy atom. The number of anilines is 1. The maximum atomic E-state index is 9.60. The second-order valence-corrected chi connectivity index (χ2v) is 4.33. The van der Waals surface area contributed by atoms with E-state index in [0.29, 0.717) is 11.2 Å². The summed E-state index contributed by atoms with van der Waals surface area (Å²) in [6.45, 7) is -0.316. The molecule has 19 heavy (non-hydrogen) atoms.